The summed E-state index contributed by atoms with van der Waals surface area (Å²) in [4.78, 5) is 11.4. The number of carbonyl (C=O) groups excluding carboxylic acids is 1. The molecule has 0 saturated heterocycles. The van der Waals surface area contributed by atoms with Gasteiger partial charge in [-0.1, -0.05) is 30.3 Å². The molecule has 1 atom stereocenters. The lowest BCUT2D eigenvalue weighted by Crippen LogP contribution is -2.17. The molecule has 21 heavy (non-hydrogen) atoms. The first-order chi connectivity index (χ1) is 10.2. The Morgan fingerprint density at radius 1 is 1.05 bits per heavy atom. The average Bonchev–Trinajstić information content (AvgIpc) is 2.49. The van der Waals surface area contributed by atoms with E-state index in [1.165, 1.54) is 0 Å². The number of ether oxygens (including phenoxy) is 2. The van der Waals surface area contributed by atoms with Crippen LogP contribution < -0.4 is 10.5 Å². The molecule has 0 aliphatic carbocycles. The fourth-order valence-electron chi connectivity index (χ4n) is 1.93. The van der Waals surface area contributed by atoms with Crippen molar-refractivity contribution in [3.63, 3.8) is 0 Å². The molecule has 4 nitrogen and oxygen atoms in total. The Morgan fingerprint density at radius 3 is 2.29 bits per heavy atom. The smallest absolute Gasteiger partial charge is 0.307 e. The molecule has 0 aliphatic heterocycles. The summed E-state index contributed by atoms with van der Waals surface area (Å²) in [7, 11) is 0. The summed E-state index contributed by atoms with van der Waals surface area (Å²) in [6.45, 7) is 2.15. The van der Waals surface area contributed by atoms with E-state index in [0.717, 1.165) is 17.1 Å². The summed E-state index contributed by atoms with van der Waals surface area (Å²) >= 11 is 0. The first-order valence-electron chi connectivity index (χ1n) is 6.93. The topological polar surface area (TPSA) is 61.5 Å². The Kier molecular flexibility index (Phi) is 5.35. The van der Waals surface area contributed by atoms with Gasteiger partial charge in [-0.2, -0.15) is 0 Å². The zero-order valence-electron chi connectivity index (χ0n) is 12.0. The highest BCUT2D eigenvalue weighted by Gasteiger charge is 2.12. The summed E-state index contributed by atoms with van der Waals surface area (Å²) in [6.07, 6.45) is 0.173. The van der Waals surface area contributed by atoms with E-state index in [2.05, 4.69) is 0 Å². The maximum Gasteiger partial charge on any atom is 0.307 e. The third-order valence-corrected chi connectivity index (χ3v) is 2.98. The van der Waals surface area contributed by atoms with Gasteiger partial charge in [0.15, 0.2) is 0 Å². The second-order valence-corrected chi connectivity index (χ2v) is 4.60. The van der Waals surface area contributed by atoms with Gasteiger partial charge in [0.1, 0.15) is 11.5 Å². The maximum atomic E-state index is 11.4. The summed E-state index contributed by atoms with van der Waals surface area (Å²) in [5, 5.41) is 0. The molecule has 0 heterocycles. The van der Waals surface area contributed by atoms with Crippen molar-refractivity contribution in [2.75, 3.05) is 6.61 Å². The fourth-order valence-corrected chi connectivity index (χ4v) is 1.93. The second-order valence-electron chi connectivity index (χ2n) is 4.60. The summed E-state index contributed by atoms with van der Waals surface area (Å²) in [5.74, 6) is 1.23. The molecule has 0 saturated carbocycles. The van der Waals surface area contributed by atoms with Crippen molar-refractivity contribution in [3.8, 4) is 11.5 Å². The van der Waals surface area contributed by atoms with Crippen LogP contribution >= 0.6 is 0 Å². The van der Waals surface area contributed by atoms with Crippen molar-refractivity contribution in [2.24, 2.45) is 5.73 Å². The first-order valence-corrected chi connectivity index (χ1v) is 6.93. The van der Waals surface area contributed by atoms with Crippen molar-refractivity contribution in [1.29, 1.82) is 0 Å². The van der Waals surface area contributed by atoms with Crippen LogP contribution in [-0.2, 0) is 9.53 Å². The van der Waals surface area contributed by atoms with E-state index in [4.69, 9.17) is 15.2 Å². The number of rotatable bonds is 6. The van der Waals surface area contributed by atoms with Crippen LogP contribution in [0.5, 0.6) is 11.5 Å². The van der Waals surface area contributed by atoms with Gasteiger partial charge >= 0.3 is 5.97 Å². The van der Waals surface area contributed by atoms with Crippen molar-refractivity contribution >= 4 is 5.97 Å². The lowest BCUT2D eigenvalue weighted by molar-refractivity contribution is -0.143. The molecule has 2 rings (SSSR count). The van der Waals surface area contributed by atoms with Crippen molar-refractivity contribution in [1.82, 2.24) is 0 Å². The van der Waals surface area contributed by atoms with Gasteiger partial charge in [0.05, 0.1) is 13.0 Å². The third-order valence-electron chi connectivity index (χ3n) is 2.98. The number of nitrogens with two attached hydrogens (primary N) is 1. The lowest BCUT2D eigenvalue weighted by Gasteiger charge is -2.12. The SMILES string of the molecule is CCOC(=O)C[C@H](N)c1ccc(Oc2ccccc2)cc1. The van der Waals surface area contributed by atoms with Crippen molar-refractivity contribution in [3.05, 3.63) is 60.2 Å². The van der Waals surface area contributed by atoms with Gasteiger partial charge in [-0.05, 0) is 36.8 Å². The van der Waals surface area contributed by atoms with Gasteiger partial charge < -0.3 is 15.2 Å². The molecule has 2 N–H and O–H groups in total. The largest absolute Gasteiger partial charge is 0.466 e. The van der Waals surface area contributed by atoms with Gasteiger partial charge in [0, 0.05) is 6.04 Å². The lowest BCUT2D eigenvalue weighted by atomic mass is 10.0. The first kappa shape index (κ1) is 15.1. The van der Waals surface area contributed by atoms with E-state index >= 15 is 0 Å². The van der Waals surface area contributed by atoms with Crippen LogP contribution in [0.1, 0.15) is 24.9 Å². The quantitative estimate of drug-likeness (QED) is 0.826. The summed E-state index contributed by atoms with van der Waals surface area (Å²) < 4.78 is 10.6. The maximum absolute atomic E-state index is 11.4. The average molecular weight is 285 g/mol. The van der Waals surface area contributed by atoms with E-state index in [-0.39, 0.29) is 18.4 Å². The predicted molar refractivity (Wildman–Crippen MR) is 81.1 cm³/mol. The van der Waals surface area contributed by atoms with Crippen LogP contribution in [0.4, 0.5) is 0 Å². The number of para-hydroxylation sites is 1. The highest BCUT2D eigenvalue weighted by Crippen LogP contribution is 2.23. The number of hydrogen-bond acceptors (Lipinski definition) is 4. The molecule has 2 aromatic rings. The molecule has 0 aliphatic rings. The predicted octanol–water partition coefficient (Wildman–Crippen LogP) is 3.43. The van der Waals surface area contributed by atoms with Gasteiger partial charge in [0.25, 0.3) is 0 Å². The minimum Gasteiger partial charge on any atom is -0.466 e. The Bertz CT molecular complexity index is 566. The minimum absolute atomic E-state index is 0.173. The monoisotopic (exact) mass is 285 g/mol. The van der Waals surface area contributed by atoms with Gasteiger partial charge in [-0.15, -0.1) is 0 Å². The Hall–Kier alpha value is -2.33. The van der Waals surface area contributed by atoms with E-state index in [1.54, 1.807) is 6.92 Å². The van der Waals surface area contributed by atoms with Crippen LogP contribution in [0.15, 0.2) is 54.6 Å². The fraction of sp³-hybridized carbons (Fsp3) is 0.235. The van der Waals surface area contributed by atoms with Crippen LogP contribution in [0.25, 0.3) is 0 Å². The normalized spacial score (nSPS) is 11.7. The van der Waals surface area contributed by atoms with Crippen LogP contribution in [0, 0.1) is 0 Å². The Labute approximate surface area is 124 Å². The molecule has 0 radical (unpaired) electrons. The summed E-state index contributed by atoms with van der Waals surface area (Å²) in [6, 6.07) is 16.6. The third kappa shape index (κ3) is 4.61. The molecule has 110 valence electrons. The van der Waals surface area contributed by atoms with Gasteiger partial charge in [-0.3, -0.25) is 4.79 Å². The molecule has 2 aromatic carbocycles. The standard InChI is InChI=1S/C17H19NO3/c1-2-20-17(19)12-16(18)13-8-10-15(11-9-13)21-14-6-4-3-5-7-14/h3-11,16H,2,12,18H2,1H3/t16-/m0/s1. The van der Waals surface area contributed by atoms with Gasteiger partial charge in [0.2, 0.25) is 0 Å². The molecule has 0 bridgehead atoms. The second kappa shape index (κ2) is 7.45. The molecule has 0 unspecified atom stereocenters. The van der Waals surface area contributed by atoms with Gasteiger partial charge in [-0.25, -0.2) is 0 Å². The Morgan fingerprint density at radius 2 is 1.67 bits per heavy atom. The number of hydrogen-bond donors (Lipinski definition) is 1. The highest BCUT2D eigenvalue weighted by molar-refractivity contribution is 5.70. The van der Waals surface area contributed by atoms with E-state index in [0.29, 0.717) is 6.61 Å². The molecule has 0 fully saturated rings. The number of esters is 1. The van der Waals surface area contributed by atoms with E-state index < -0.39 is 0 Å². The number of benzene rings is 2. The highest BCUT2D eigenvalue weighted by atomic mass is 16.5. The van der Waals surface area contributed by atoms with Crippen molar-refractivity contribution < 1.29 is 14.3 Å². The van der Waals surface area contributed by atoms with Crippen molar-refractivity contribution in [2.45, 2.75) is 19.4 Å². The summed E-state index contributed by atoms with van der Waals surface area (Å²) in [5.41, 5.74) is 6.87. The zero-order valence-corrected chi connectivity index (χ0v) is 12.0. The molecule has 0 amide bonds. The van der Waals surface area contributed by atoms with Crippen LogP contribution in [0.2, 0.25) is 0 Å². The molecular weight excluding hydrogens is 266 g/mol. The van der Waals surface area contributed by atoms with Crippen LogP contribution in [-0.4, -0.2) is 12.6 Å². The van der Waals surface area contributed by atoms with Crippen LogP contribution in [0.3, 0.4) is 0 Å². The molecule has 0 aromatic heterocycles. The molecule has 0 spiro atoms. The molecule has 4 heteroatoms. The zero-order chi connectivity index (χ0) is 15.1. The van der Waals surface area contributed by atoms with E-state index in [9.17, 15) is 4.79 Å². The van der Waals surface area contributed by atoms with E-state index in [1.807, 2.05) is 54.6 Å². The molecular formula is C17H19NO3. The Balaban J connectivity index is 1.97. The number of carbonyl (C=O) groups is 1. The minimum atomic E-state index is -0.366.